The van der Waals surface area contributed by atoms with Gasteiger partial charge in [0.2, 0.25) is 0 Å². The van der Waals surface area contributed by atoms with Gasteiger partial charge in [0, 0.05) is 22.2 Å². The number of fused-ring (bicyclic) bond motifs is 1. The van der Waals surface area contributed by atoms with Crippen LogP contribution in [0.1, 0.15) is 34.6 Å². The second-order valence-electron chi connectivity index (χ2n) is 8.22. The van der Waals surface area contributed by atoms with Gasteiger partial charge in [0.15, 0.2) is 0 Å². The van der Waals surface area contributed by atoms with E-state index in [-0.39, 0.29) is 5.92 Å². The molecule has 2 nitrogen and oxygen atoms in total. The Kier molecular flexibility index (Phi) is 7.06. The summed E-state index contributed by atoms with van der Waals surface area (Å²) in [6.45, 7) is 1.01. The third kappa shape index (κ3) is 5.35. The lowest BCUT2D eigenvalue weighted by molar-refractivity contribution is 0.390. The number of hydrogen-bond acceptors (Lipinski definition) is 2. The van der Waals surface area contributed by atoms with Crippen LogP contribution in [0.2, 0.25) is 5.15 Å². The van der Waals surface area contributed by atoms with E-state index < -0.39 is 0 Å². The molecule has 1 atom stereocenters. The van der Waals surface area contributed by atoms with Crippen LogP contribution in [0.3, 0.4) is 0 Å². The molecule has 0 amide bonds. The van der Waals surface area contributed by atoms with Crippen LogP contribution in [0.5, 0.6) is 0 Å². The molecular weight excluding hydrogens is 468 g/mol. The van der Waals surface area contributed by atoms with Crippen molar-refractivity contribution in [2.45, 2.75) is 18.8 Å². The molecule has 1 unspecified atom stereocenters. The Morgan fingerprint density at radius 1 is 0.935 bits per heavy atom. The van der Waals surface area contributed by atoms with Crippen LogP contribution < -0.4 is 0 Å². The number of rotatable bonds is 7. The fourth-order valence-corrected chi connectivity index (χ4v) is 4.86. The molecule has 0 saturated heterocycles. The van der Waals surface area contributed by atoms with Gasteiger partial charge in [-0.05, 0) is 67.5 Å². The lowest BCUT2D eigenvalue weighted by atomic mass is 9.87. The third-order valence-corrected chi connectivity index (χ3v) is 6.65. The van der Waals surface area contributed by atoms with E-state index in [1.807, 2.05) is 6.07 Å². The predicted molar refractivity (Wildman–Crippen MR) is 135 cm³/mol. The number of aromatic nitrogens is 1. The largest absolute Gasteiger partial charge is 0.309 e. The topological polar surface area (TPSA) is 16.1 Å². The van der Waals surface area contributed by atoms with Crippen molar-refractivity contribution < 1.29 is 0 Å². The van der Waals surface area contributed by atoms with Crippen LogP contribution in [0.4, 0.5) is 0 Å². The number of hydrogen-bond donors (Lipinski definition) is 0. The minimum absolute atomic E-state index is 0.284. The van der Waals surface area contributed by atoms with Gasteiger partial charge >= 0.3 is 0 Å². The average Bonchev–Trinajstić information content (AvgIpc) is 2.76. The number of nitrogens with zero attached hydrogens (tertiary/aromatic N) is 2. The summed E-state index contributed by atoms with van der Waals surface area (Å²) in [6, 6.07) is 27.6. The molecule has 0 aliphatic rings. The van der Waals surface area contributed by atoms with E-state index in [0.717, 1.165) is 40.3 Å². The van der Waals surface area contributed by atoms with Crippen molar-refractivity contribution in [1.29, 1.82) is 0 Å². The van der Waals surface area contributed by atoms with Gasteiger partial charge in [-0.15, -0.1) is 0 Å². The maximum Gasteiger partial charge on any atom is 0.133 e. The first-order valence-corrected chi connectivity index (χ1v) is 11.7. The Morgan fingerprint density at radius 2 is 1.61 bits per heavy atom. The molecular formula is C27H26BrClN2. The molecule has 0 saturated carbocycles. The van der Waals surface area contributed by atoms with E-state index in [0.29, 0.717) is 5.15 Å². The summed E-state index contributed by atoms with van der Waals surface area (Å²) in [4.78, 5) is 7.01. The maximum atomic E-state index is 6.62. The van der Waals surface area contributed by atoms with E-state index in [9.17, 15) is 0 Å². The Balaban J connectivity index is 1.74. The maximum absolute atomic E-state index is 6.62. The normalized spacial score (nSPS) is 12.4. The highest BCUT2D eigenvalue weighted by Crippen LogP contribution is 2.36. The Morgan fingerprint density at radius 3 is 2.29 bits per heavy atom. The van der Waals surface area contributed by atoms with E-state index in [2.05, 4.69) is 108 Å². The summed E-state index contributed by atoms with van der Waals surface area (Å²) in [5, 5.41) is 1.68. The van der Waals surface area contributed by atoms with Crippen molar-refractivity contribution in [3.63, 3.8) is 0 Å². The van der Waals surface area contributed by atoms with Gasteiger partial charge in [0.05, 0.1) is 5.52 Å². The molecule has 0 fully saturated rings. The molecule has 3 aromatic carbocycles. The van der Waals surface area contributed by atoms with Gasteiger partial charge in [0.25, 0.3) is 0 Å². The van der Waals surface area contributed by atoms with Gasteiger partial charge in [-0.25, -0.2) is 4.98 Å². The summed E-state index contributed by atoms with van der Waals surface area (Å²) in [5.74, 6) is 0.284. The predicted octanol–water partition coefficient (Wildman–Crippen LogP) is 7.33. The van der Waals surface area contributed by atoms with Crippen molar-refractivity contribution in [2.75, 3.05) is 20.6 Å². The lowest BCUT2D eigenvalue weighted by Gasteiger charge is -2.22. The van der Waals surface area contributed by atoms with E-state index in [1.165, 1.54) is 16.7 Å². The molecule has 0 radical (unpaired) electrons. The number of halogens is 2. The molecule has 0 aliphatic carbocycles. The lowest BCUT2D eigenvalue weighted by Crippen LogP contribution is -2.17. The van der Waals surface area contributed by atoms with Crippen molar-refractivity contribution in [3.8, 4) is 0 Å². The van der Waals surface area contributed by atoms with Crippen molar-refractivity contribution >= 4 is 38.4 Å². The second-order valence-corrected chi connectivity index (χ2v) is 9.43. The quantitative estimate of drug-likeness (QED) is 0.251. The zero-order valence-corrected chi connectivity index (χ0v) is 20.2. The van der Waals surface area contributed by atoms with Crippen molar-refractivity contribution in [1.82, 2.24) is 9.88 Å². The Labute approximate surface area is 198 Å². The molecule has 31 heavy (non-hydrogen) atoms. The fraction of sp³-hybridized carbons (Fsp3) is 0.222. The molecule has 0 spiro atoms. The van der Waals surface area contributed by atoms with Crippen LogP contribution in [0.15, 0.2) is 83.3 Å². The molecule has 1 heterocycles. The van der Waals surface area contributed by atoms with Crippen LogP contribution in [0.25, 0.3) is 10.9 Å². The number of pyridine rings is 1. The van der Waals surface area contributed by atoms with Gasteiger partial charge in [-0.2, -0.15) is 0 Å². The van der Waals surface area contributed by atoms with E-state index in [4.69, 9.17) is 16.6 Å². The van der Waals surface area contributed by atoms with E-state index >= 15 is 0 Å². The molecule has 158 valence electrons. The molecule has 0 N–H and O–H groups in total. The summed E-state index contributed by atoms with van der Waals surface area (Å²) >= 11 is 10.5. The van der Waals surface area contributed by atoms with Crippen LogP contribution in [0, 0.1) is 0 Å². The highest BCUT2D eigenvalue weighted by molar-refractivity contribution is 9.10. The van der Waals surface area contributed by atoms with Crippen molar-refractivity contribution in [2.24, 2.45) is 0 Å². The van der Waals surface area contributed by atoms with Crippen LogP contribution in [-0.4, -0.2) is 30.5 Å². The summed E-state index contributed by atoms with van der Waals surface area (Å²) < 4.78 is 1.11. The van der Waals surface area contributed by atoms with Gasteiger partial charge in [0.1, 0.15) is 5.15 Å². The second kappa shape index (κ2) is 9.95. The summed E-state index contributed by atoms with van der Waals surface area (Å²) in [6.07, 6.45) is 1.80. The average molecular weight is 494 g/mol. The molecule has 0 aliphatic heterocycles. The summed E-state index contributed by atoms with van der Waals surface area (Å²) in [5.41, 5.74) is 5.78. The third-order valence-electron chi connectivity index (χ3n) is 5.64. The van der Waals surface area contributed by atoms with Gasteiger partial charge < -0.3 is 4.90 Å². The first-order valence-electron chi connectivity index (χ1n) is 10.5. The molecule has 1 aromatic heterocycles. The fourth-order valence-electron chi connectivity index (χ4n) is 4.01. The number of benzene rings is 3. The smallest absolute Gasteiger partial charge is 0.133 e. The summed E-state index contributed by atoms with van der Waals surface area (Å²) in [7, 11) is 4.24. The van der Waals surface area contributed by atoms with Gasteiger partial charge in [-0.1, -0.05) is 88.2 Å². The van der Waals surface area contributed by atoms with Crippen LogP contribution >= 0.6 is 27.5 Å². The Bertz CT molecular complexity index is 1160. The highest BCUT2D eigenvalue weighted by atomic mass is 79.9. The molecule has 0 bridgehead atoms. The molecule has 4 heteroatoms. The zero-order chi connectivity index (χ0) is 21.8. The minimum atomic E-state index is 0.284. The van der Waals surface area contributed by atoms with Crippen LogP contribution in [-0.2, 0) is 6.42 Å². The highest BCUT2D eigenvalue weighted by Gasteiger charge is 2.19. The SMILES string of the molecule is CN(C)CCC(c1ccccc1)c1cc2nc(Cl)c(Cc3ccccc3)cc2cc1Br. The van der Waals surface area contributed by atoms with E-state index in [1.54, 1.807) is 0 Å². The molecule has 4 aromatic rings. The standard InChI is InChI=1S/C27H26BrClN2/c1-31(2)14-13-23(20-11-7-4-8-12-20)24-18-26-21(17-25(24)28)16-22(27(29)30-26)15-19-9-5-3-6-10-19/h3-12,16-18,23H,13-15H2,1-2H3. The molecule has 4 rings (SSSR count). The minimum Gasteiger partial charge on any atom is -0.309 e. The first-order chi connectivity index (χ1) is 15.0. The first kappa shape index (κ1) is 22.0. The van der Waals surface area contributed by atoms with Gasteiger partial charge in [-0.3, -0.25) is 0 Å². The Hall–Kier alpha value is -2.20. The zero-order valence-electron chi connectivity index (χ0n) is 17.9. The monoisotopic (exact) mass is 492 g/mol. The van der Waals surface area contributed by atoms with Crippen molar-refractivity contribution in [3.05, 3.63) is 111 Å².